The van der Waals surface area contributed by atoms with E-state index in [0.717, 1.165) is 161 Å². The molecule has 0 heterocycles. The molecule has 0 aromatic carbocycles. The molecule has 0 rings (SSSR count). The Hall–Kier alpha value is -5.06. The summed E-state index contributed by atoms with van der Waals surface area (Å²) in [5, 5.41) is 10.6. The summed E-state index contributed by atoms with van der Waals surface area (Å²) in [6, 6.07) is 0. The predicted octanol–water partition coefficient (Wildman–Crippen LogP) is 21.9. The molecule has 0 aliphatic carbocycles. The lowest BCUT2D eigenvalue weighted by atomic mass is 10.1. The van der Waals surface area contributed by atoms with Gasteiger partial charge in [0, 0.05) is 25.7 Å². The van der Waals surface area contributed by atoms with E-state index in [1.54, 1.807) is 0 Å². The molecule has 0 aliphatic heterocycles. The Morgan fingerprint density at radius 3 is 0.820 bits per heavy atom. The molecule has 0 spiro atoms. The van der Waals surface area contributed by atoms with Gasteiger partial charge >= 0.3 is 39.5 Å². The average Bonchev–Trinajstić information content (AvgIpc) is 0.985. The Labute approximate surface area is 605 Å². The third kappa shape index (κ3) is 71.3. The van der Waals surface area contributed by atoms with Crippen molar-refractivity contribution in [2.75, 3.05) is 39.6 Å². The topological polar surface area (TPSA) is 237 Å². The molecule has 5 unspecified atom stereocenters. The molecule has 0 radical (unpaired) electrons. The maximum atomic E-state index is 13.1. The van der Waals surface area contributed by atoms with Crippen molar-refractivity contribution in [3.05, 3.63) is 146 Å². The van der Waals surface area contributed by atoms with E-state index in [9.17, 15) is 43.2 Å². The molecule has 19 heteroatoms. The summed E-state index contributed by atoms with van der Waals surface area (Å²) in [6.45, 7) is 4.40. The summed E-state index contributed by atoms with van der Waals surface area (Å²) in [6.07, 6.45) is 81.4. The van der Waals surface area contributed by atoms with Crippen molar-refractivity contribution in [2.45, 2.75) is 303 Å². The van der Waals surface area contributed by atoms with Crippen molar-refractivity contribution in [3.8, 4) is 0 Å². The van der Waals surface area contributed by atoms with E-state index in [1.165, 1.54) is 38.5 Å². The number of carbonyl (C=O) groups excluding carboxylic acids is 4. The quantitative estimate of drug-likeness (QED) is 0.0169. The number of hydrogen-bond donors (Lipinski definition) is 3. The number of esters is 4. The maximum Gasteiger partial charge on any atom is 0.472 e. The van der Waals surface area contributed by atoms with Crippen LogP contribution in [0.1, 0.15) is 285 Å². The number of hydrogen-bond acceptors (Lipinski definition) is 15. The van der Waals surface area contributed by atoms with Gasteiger partial charge in [0.25, 0.3) is 0 Å². The summed E-state index contributed by atoms with van der Waals surface area (Å²) >= 11 is 0. The number of aliphatic hydroxyl groups is 1. The van der Waals surface area contributed by atoms with Gasteiger partial charge in [-0.1, -0.05) is 263 Å². The first kappa shape index (κ1) is 94.9. The molecule has 5 atom stereocenters. The van der Waals surface area contributed by atoms with Crippen LogP contribution in [0.3, 0.4) is 0 Å². The maximum absolute atomic E-state index is 13.1. The third-order valence-electron chi connectivity index (χ3n) is 15.3. The summed E-state index contributed by atoms with van der Waals surface area (Å²) in [4.78, 5) is 72.8. The van der Waals surface area contributed by atoms with Gasteiger partial charge in [0.15, 0.2) is 12.2 Å². The molecule has 0 fully saturated rings. The second-order valence-corrected chi connectivity index (χ2v) is 27.7. The highest BCUT2D eigenvalue weighted by Crippen LogP contribution is 2.45. The molecular weight excluding hydrogens is 1310 g/mol. The highest BCUT2D eigenvalue weighted by atomic mass is 31.2. The predicted molar refractivity (Wildman–Crippen MR) is 408 cm³/mol. The van der Waals surface area contributed by atoms with Gasteiger partial charge in [-0.3, -0.25) is 37.3 Å². The van der Waals surface area contributed by atoms with Gasteiger partial charge in [0.1, 0.15) is 19.3 Å². The first-order chi connectivity index (χ1) is 48.7. The number of phosphoric acid groups is 2. The van der Waals surface area contributed by atoms with Crippen LogP contribution in [0.2, 0.25) is 0 Å². The molecule has 100 heavy (non-hydrogen) atoms. The molecule has 0 aromatic heterocycles. The fraction of sp³-hybridized carbons (Fsp3) is 0.654. The van der Waals surface area contributed by atoms with Crippen molar-refractivity contribution in [3.63, 3.8) is 0 Å². The summed E-state index contributed by atoms with van der Waals surface area (Å²) in [5.74, 6) is -2.29. The van der Waals surface area contributed by atoms with Crippen LogP contribution >= 0.6 is 15.6 Å². The lowest BCUT2D eigenvalue weighted by molar-refractivity contribution is -0.161. The van der Waals surface area contributed by atoms with E-state index < -0.39 is 97.5 Å². The molecule has 0 aromatic rings. The average molecular weight is 1440 g/mol. The SMILES string of the molecule is CC/C=C\C/C=C\C/C=C\C/C=C\CCCCCCCCC(=O)OCC(COP(=O)(O)OCC(O)COP(=O)(O)OCC(COC(=O)CCCC/C=C\C/C=C\C/C=C\C/C=C\CC)OC(=O)CCCCCCCCCCCCC)OC(=O)CCCC/C=C\C/C=C\C/C=C\C/C=C\CC. The monoisotopic (exact) mass is 1440 g/mol. The molecule has 0 saturated carbocycles. The number of phosphoric ester groups is 2. The molecule has 0 aliphatic rings. The molecule has 3 N–H and O–H groups in total. The normalized spacial score (nSPS) is 14.8. The van der Waals surface area contributed by atoms with E-state index in [1.807, 2.05) is 0 Å². The van der Waals surface area contributed by atoms with Gasteiger partial charge in [-0.15, -0.1) is 0 Å². The van der Waals surface area contributed by atoms with Crippen LogP contribution in [0.25, 0.3) is 0 Å². The van der Waals surface area contributed by atoms with Gasteiger partial charge in [-0.05, 0) is 141 Å². The standard InChI is InChI=1S/C81H134O17P2/c1-5-9-13-17-21-25-29-32-35-36-37-38-41-43-47-50-54-58-62-66-79(84)92-72-77(98-81(86)68-64-60-56-52-48-44-40-34-31-27-23-19-15-11-7-3)74-96-100(89,90)94-70-75(82)69-93-99(87,88)95-73-76(97-80(85)67-63-59-55-51-45-28-24-20-16-12-8-4)71-91-78(83)65-61-57-53-49-46-42-39-33-30-26-22-18-14-10-6-2/h9-11,13-15,21-23,25-27,32-35,37-40,46,48-49,52,75-77,82H,5-8,12,16-20,24,28-31,36,41-45,47,50-51,53-74H2,1-4H3,(H,87,88)(H,89,90)/b13-9-,14-10-,15-11-,25-21-,26-22-,27-23-,35-32-,38-37-,39-33-,40-34-,49-46-,52-48-. The first-order valence-electron chi connectivity index (χ1n) is 38.1. The Kier molecular flexibility index (Phi) is 68.6. The smallest absolute Gasteiger partial charge is 0.462 e. The molecule has 0 amide bonds. The van der Waals surface area contributed by atoms with Crippen molar-refractivity contribution in [1.82, 2.24) is 0 Å². The van der Waals surface area contributed by atoms with Crippen LogP contribution in [0.5, 0.6) is 0 Å². The molecular formula is C81H134O17P2. The zero-order valence-electron chi connectivity index (χ0n) is 62.1. The fourth-order valence-electron chi connectivity index (χ4n) is 9.60. The van der Waals surface area contributed by atoms with E-state index in [4.69, 9.17) is 37.0 Å². The van der Waals surface area contributed by atoms with Crippen molar-refractivity contribution >= 4 is 39.5 Å². The first-order valence-corrected chi connectivity index (χ1v) is 41.1. The second kappa shape index (κ2) is 72.3. The Bertz CT molecular complexity index is 2470. The number of aliphatic hydroxyl groups excluding tert-OH is 1. The van der Waals surface area contributed by atoms with Gasteiger partial charge < -0.3 is 33.8 Å². The fourth-order valence-corrected chi connectivity index (χ4v) is 11.2. The molecule has 17 nitrogen and oxygen atoms in total. The van der Waals surface area contributed by atoms with Crippen LogP contribution in [-0.4, -0.2) is 96.7 Å². The summed E-state index contributed by atoms with van der Waals surface area (Å²) < 4.78 is 68.4. The third-order valence-corrected chi connectivity index (χ3v) is 17.2. The lowest BCUT2D eigenvalue weighted by Crippen LogP contribution is -2.30. The molecule has 570 valence electrons. The van der Waals surface area contributed by atoms with Gasteiger partial charge in [0.05, 0.1) is 26.4 Å². The highest BCUT2D eigenvalue weighted by Gasteiger charge is 2.30. The van der Waals surface area contributed by atoms with Crippen LogP contribution < -0.4 is 0 Å². The van der Waals surface area contributed by atoms with E-state index in [0.29, 0.717) is 32.1 Å². The van der Waals surface area contributed by atoms with Crippen LogP contribution in [-0.2, 0) is 65.4 Å². The summed E-state index contributed by atoms with van der Waals surface area (Å²) in [5.41, 5.74) is 0. The Morgan fingerprint density at radius 2 is 0.520 bits per heavy atom. The minimum atomic E-state index is -5.00. The van der Waals surface area contributed by atoms with Crippen LogP contribution in [0, 0.1) is 0 Å². The van der Waals surface area contributed by atoms with Crippen LogP contribution in [0.15, 0.2) is 146 Å². The molecule has 0 saturated heterocycles. The van der Waals surface area contributed by atoms with Crippen molar-refractivity contribution < 1.29 is 80.2 Å². The van der Waals surface area contributed by atoms with Gasteiger partial charge in [-0.2, -0.15) is 0 Å². The second-order valence-electron chi connectivity index (χ2n) is 24.8. The zero-order valence-corrected chi connectivity index (χ0v) is 63.9. The number of ether oxygens (including phenoxy) is 4. The van der Waals surface area contributed by atoms with Gasteiger partial charge in [0.2, 0.25) is 0 Å². The van der Waals surface area contributed by atoms with E-state index >= 15 is 0 Å². The number of carbonyl (C=O) groups is 4. The highest BCUT2D eigenvalue weighted by molar-refractivity contribution is 7.47. The summed E-state index contributed by atoms with van der Waals surface area (Å²) in [7, 11) is -9.98. The largest absolute Gasteiger partial charge is 0.472 e. The number of rotatable bonds is 70. The number of unbranched alkanes of at least 4 members (excludes halogenated alkanes) is 20. The number of allylic oxidation sites excluding steroid dienone is 24. The molecule has 0 bridgehead atoms. The zero-order chi connectivity index (χ0) is 73.2. The van der Waals surface area contributed by atoms with E-state index in [2.05, 4.69) is 174 Å². The Balaban J connectivity index is 5.41. The van der Waals surface area contributed by atoms with Crippen molar-refractivity contribution in [2.24, 2.45) is 0 Å². The minimum absolute atomic E-state index is 0.0344. The lowest BCUT2D eigenvalue weighted by Gasteiger charge is -2.21. The Morgan fingerprint density at radius 1 is 0.290 bits per heavy atom. The minimum Gasteiger partial charge on any atom is -0.462 e. The van der Waals surface area contributed by atoms with E-state index in [-0.39, 0.29) is 25.7 Å². The van der Waals surface area contributed by atoms with Crippen molar-refractivity contribution in [1.29, 1.82) is 0 Å². The van der Waals surface area contributed by atoms with Gasteiger partial charge in [-0.25, -0.2) is 9.13 Å². The van der Waals surface area contributed by atoms with Crippen LogP contribution in [0.4, 0.5) is 0 Å².